The average molecular weight is 414 g/mol. The van der Waals surface area contributed by atoms with Crippen LogP contribution in [0.1, 0.15) is 0 Å². The van der Waals surface area contributed by atoms with Gasteiger partial charge >= 0.3 is 0 Å². The lowest BCUT2D eigenvalue weighted by Gasteiger charge is -2.44. The molecule has 156 valence electrons. The minimum atomic E-state index is -1.22. The summed E-state index contributed by atoms with van der Waals surface area (Å²) in [6.45, 7) is 0. The zero-order valence-electron chi connectivity index (χ0n) is 18.3. The third-order valence-corrected chi connectivity index (χ3v) is 5.95. The van der Waals surface area contributed by atoms with E-state index >= 15 is 0 Å². The van der Waals surface area contributed by atoms with Crippen molar-refractivity contribution < 1.29 is 4.68 Å². The van der Waals surface area contributed by atoms with Crippen molar-refractivity contribution in [1.29, 1.82) is 0 Å². The lowest BCUT2D eigenvalue weighted by molar-refractivity contribution is -0.730. The van der Waals surface area contributed by atoms with Crippen LogP contribution < -0.4 is 26.5 Å². The number of aromatic nitrogens is 2. The number of nitrogens with zero attached hydrogens (tertiary/aromatic N) is 2. The lowest BCUT2D eigenvalue weighted by Crippen LogP contribution is -2.74. The molecule has 0 atom stereocenters. The number of hydrogen-bond acceptors (Lipinski definition) is 1. The highest BCUT2D eigenvalue weighted by atomic mass is 15.2. The van der Waals surface area contributed by atoms with Gasteiger partial charge in [0.05, 0.1) is 6.20 Å². The minimum Gasteiger partial charge on any atom is -0.195 e. The molecule has 2 nitrogen and oxygen atoms in total. The summed E-state index contributed by atoms with van der Waals surface area (Å²) in [6.07, 6.45) is 2.42. The molecule has 0 saturated heterocycles. The minimum absolute atomic E-state index is 1.22. The molecule has 0 aliphatic heterocycles. The molecule has 0 bridgehead atoms. The maximum atomic E-state index is 3.90. The second kappa shape index (κ2) is 10.4. The molecule has 5 aromatic rings. The van der Waals surface area contributed by atoms with Crippen LogP contribution in [0.25, 0.3) is 0 Å². The first-order valence-corrected chi connectivity index (χ1v) is 11.0. The van der Waals surface area contributed by atoms with E-state index in [9.17, 15) is 0 Å². The number of benzene rings is 4. The number of hydrogen-bond donors (Lipinski definition) is 0. The molecule has 0 spiro atoms. The molecular formula is C29H27BN2. The zero-order valence-corrected chi connectivity index (χ0v) is 18.3. The van der Waals surface area contributed by atoms with Crippen LogP contribution in [0.5, 0.6) is 0 Å². The van der Waals surface area contributed by atoms with Gasteiger partial charge < -0.3 is 0 Å². The fourth-order valence-corrected chi connectivity index (χ4v) is 4.53. The second-order valence-corrected chi connectivity index (χ2v) is 7.88. The van der Waals surface area contributed by atoms with Gasteiger partial charge in [-0.3, -0.25) is 0 Å². The monoisotopic (exact) mass is 414 g/mol. The van der Waals surface area contributed by atoms with Crippen LogP contribution in [0.2, 0.25) is 0 Å². The third-order valence-electron chi connectivity index (χ3n) is 5.95. The van der Waals surface area contributed by atoms with Crippen LogP contribution in [0.4, 0.5) is 0 Å². The van der Waals surface area contributed by atoms with Crippen molar-refractivity contribution in [2.75, 3.05) is 0 Å². The second-order valence-electron chi connectivity index (χ2n) is 7.88. The SMILES string of the molecule is C[n+]1ccccn1.c1ccc([B-](c2ccccc2)(c2ccccc2)c2ccccc2)cc1. The van der Waals surface area contributed by atoms with Crippen molar-refractivity contribution in [2.45, 2.75) is 0 Å². The van der Waals surface area contributed by atoms with Gasteiger partial charge in [0.1, 0.15) is 6.15 Å². The molecule has 1 heterocycles. The van der Waals surface area contributed by atoms with Crippen molar-refractivity contribution in [1.82, 2.24) is 5.10 Å². The lowest BCUT2D eigenvalue weighted by atomic mass is 9.13. The molecule has 0 aliphatic carbocycles. The van der Waals surface area contributed by atoms with Gasteiger partial charge in [0.25, 0.3) is 0 Å². The standard InChI is InChI=1S/C24H20B.C5H7N2/c1-5-13-21(14-6-1)25(22-15-7-2-8-16-22,23-17-9-3-10-18-23)24-19-11-4-12-20-24;1-7-5-3-2-4-6-7/h1-20H;2-5H,1H3/q-1;+1. The van der Waals surface area contributed by atoms with E-state index in [4.69, 9.17) is 0 Å². The highest BCUT2D eigenvalue weighted by molar-refractivity contribution is 7.19. The summed E-state index contributed by atoms with van der Waals surface area (Å²) in [6, 6.07) is 47.4. The van der Waals surface area contributed by atoms with Gasteiger partial charge in [0.15, 0.2) is 13.2 Å². The normalized spacial score (nSPS) is 10.7. The summed E-state index contributed by atoms with van der Waals surface area (Å²) in [5, 5.41) is 3.90. The Morgan fingerprint density at radius 3 is 1.03 bits per heavy atom. The number of rotatable bonds is 4. The molecule has 3 heteroatoms. The molecule has 1 aromatic heterocycles. The molecule has 32 heavy (non-hydrogen) atoms. The van der Waals surface area contributed by atoms with Gasteiger partial charge in [-0.2, -0.15) is 21.9 Å². The van der Waals surface area contributed by atoms with Gasteiger partial charge in [-0.1, -0.05) is 126 Å². The summed E-state index contributed by atoms with van der Waals surface area (Å²) in [7, 11) is 1.89. The smallest absolute Gasteiger partial charge is 0.195 e. The van der Waals surface area contributed by atoms with Crippen LogP contribution in [0.3, 0.4) is 0 Å². The Hall–Kier alpha value is -3.98. The van der Waals surface area contributed by atoms with Crippen molar-refractivity contribution in [3.8, 4) is 0 Å². The van der Waals surface area contributed by atoms with Gasteiger partial charge in [-0.05, 0) is 11.2 Å². The molecule has 0 N–H and O–H groups in total. The van der Waals surface area contributed by atoms with E-state index in [2.05, 4.69) is 126 Å². The summed E-state index contributed by atoms with van der Waals surface area (Å²) < 4.78 is 1.75. The van der Waals surface area contributed by atoms with Gasteiger partial charge in [0, 0.05) is 6.07 Å². The Morgan fingerprint density at radius 1 is 0.469 bits per heavy atom. The molecule has 0 amide bonds. The third kappa shape index (κ3) is 4.52. The highest BCUT2D eigenvalue weighted by Gasteiger charge is 2.30. The molecule has 0 unspecified atom stereocenters. The van der Waals surface area contributed by atoms with E-state index in [0.29, 0.717) is 0 Å². The average Bonchev–Trinajstić information content (AvgIpc) is 2.88. The van der Waals surface area contributed by atoms with Crippen LogP contribution in [0, 0.1) is 0 Å². The summed E-state index contributed by atoms with van der Waals surface area (Å²) in [5.41, 5.74) is 5.36. The summed E-state index contributed by atoms with van der Waals surface area (Å²) in [4.78, 5) is 0. The van der Waals surface area contributed by atoms with Crippen molar-refractivity contribution >= 4 is 28.0 Å². The maximum Gasteiger partial charge on any atom is 0.195 e. The fourth-order valence-electron chi connectivity index (χ4n) is 4.53. The molecule has 0 radical (unpaired) electrons. The molecule has 0 saturated carbocycles. The Labute approximate surface area is 190 Å². The highest BCUT2D eigenvalue weighted by Crippen LogP contribution is 2.09. The fraction of sp³-hybridized carbons (Fsp3) is 0.0345. The number of aryl methyl sites for hydroxylation is 1. The van der Waals surface area contributed by atoms with Gasteiger partial charge in [-0.25, -0.2) is 0 Å². The predicted octanol–water partition coefficient (Wildman–Crippen LogP) is 2.97. The Bertz CT molecular complexity index is 1030. The molecule has 0 aliphatic rings. The first-order chi connectivity index (χ1) is 15.8. The molecule has 5 rings (SSSR count). The van der Waals surface area contributed by atoms with E-state index in [1.807, 2.05) is 25.4 Å². The van der Waals surface area contributed by atoms with Gasteiger partial charge in [0.2, 0.25) is 0 Å². The molecule has 0 fully saturated rings. The van der Waals surface area contributed by atoms with E-state index in [1.54, 1.807) is 10.9 Å². The molecular weight excluding hydrogens is 387 g/mol. The van der Waals surface area contributed by atoms with E-state index < -0.39 is 6.15 Å². The summed E-state index contributed by atoms with van der Waals surface area (Å²) >= 11 is 0. The first-order valence-electron chi connectivity index (χ1n) is 11.0. The summed E-state index contributed by atoms with van der Waals surface area (Å²) in [5.74, 6) is 0. The van der Waals surface area contributed by atoms with Crippen molar-refractivity contribution in [2.24, 2.45) is 7.05 Å². The van der Waals surface area contributed by atoms with E-state index in [-0.39, 0.29) is 0 Å². The predicted molar refractivity (Wildman–Crippen MR) is 135 cm³/mol. The van der Waals surface area contributed by atoms with Crippen LogP contribution >= 0.6 is 0 Å². The topological polar surface area (TPSA) is 16.8 Å². The quantitative estimate of drug-likeness (QED) is 0.327. The van der Waals surface area contributed by atoms with Crippen LogP contribution in [-0.4, -0.2) is 11.2 Å². The van der Waals surface area contributed by atoms with E-state index in [0.717, 1.165) is 0 Å². The Kier molecular flexibility index (Phi) is 6.89. The van der Waals surface area contributed by atoms with Crippen molar-refractivity contribution in [3.63, 3.8) is 0 Å². The van der Waals surface area contributed by atoms with Gasteiger partial charge in [-0.15, -0.1) is 0 Å². The first kappa shape index (κ1) is 21.3. The largest absolute Gasteiger partial charge is 0.195 e. The van der Waals surface area contributed by atoms with Crippen LogP contribution in [-0.2, 0) is 7.05 Å². The van der Waals surface area contributed by atoms with E-state index in [1.165, 1.54) is 21.9 Å². The Morgan fingerprint density at radius 2 is 0.812 bits per heavy atom. The maximum absolute atomic E-state index is 3.90. The zero-order chi connectivity index (χ0) is 22.1. The Balaban J connectivity index is 0.000000300. The molecule has 4 aromatic carbocycles. The van der Waals surface area contributed by atoms with Crippen molar-refractivity contribution in [3.05, 3.63) is 146 Å². The van der Waals surface area contributed by atoms with Crippen LogP contribution in [0.15, 0.2) is 146 Å².